The number of halogens is 1. The van der Waals surface area contributed by atoms with Crippen molar-refractivity contribution >= 4 is 29.9 Å². The topological polar surface area (TPSA) is 56.9 Å². The van der Waals surface area contributed by atoms with Gasteiger partial charge in [0.1, 0.15) is 12.0 Å². The Morgan fingerprint density at radius 1 is 1.65 bits per heavy atom. The van der Waals surface area contributed by atoms with E-state index in [2.05, 4.69) is 27.4 Å². The Labute approximate surface area is 137 Å². The first kappa shape index (κ1) is 17.2. The Hall–Kier alpha value is -0.830. The summed E-state index contributed by atoms with van der Waals surface area (Å²) in [4.78, 5) is 8.76. The Bertz CT molecular complexity index is 409. The van der Waals surface area contributed by atoms with Gasteiger partial charge in [0.15, 0.2) is 5.96 Å². The molecule has 0 radical (unpaired) electrons. The number of guanidine groups is 1. The van der Waals surface area contributed by atoms with Crippen LogP contribution in [0.5, 0.6) is 0 Å². The molecule has 6 nitrogen and oxygen atoms in total. The van der Waals surface area contributed by atoms with E-state index < -0.39 is 0 Å². The van der Waals surface area contributed by atoms with Crippen molar-refractivity contribution in [1.82, 2.24) is 20.3 Å². The van der Waals surface area contributed by atoms with Crippen LogP contribution in [-0.2, 0) is 6.54 Å². The molecule has 0 spiro atoms. The molecule has 2 rings (SSSR count). The van der Waals surface area contributed by atoms with Crippen LogP contribution in [0.2, 0.25) is 0 Å². The second kappa shape index (κ2) is 8.46. The van der Waals surface area contributed by atoms with Gasteiger partial charge in [-0.1, -0.05) is 5.16 Å². The first-order valence-corrected chi connectivity index (χ1v) is 6.72. The van der Waals surface area contributed by atoms with Gasteiger partial charge in [0, 0.05) is 32.7 Å². The molecule has 114 valence electrons. The predicted octanol–water partition coefficient (Wildman–Crippen LogP) is 1.39. The van der Waals surface area contributed by atoms with Gasteiger partial charge in [0.05, 0.1) is 6.54 Å². The molecule has 7 heteroatoms. The lowest BCUT2D eigenvalue weighted by molar-refractivity contribution is 0.306. The number of hydrogen-bond acceptors (Lipinski definition) is 4. The van der Waals surface area contributed by atoms with Crippen LogP contribution < -0.4 is 5.32 Å². The third kappa shape index (κ3) is 4.62. The van der Waals surface area contributed by atoms with Crippen LogP contribution in [0.15, 0.2) is 21.8 Å². The first-order valence-electron chi connectivity index (χ1n) is 6.72. The van der Waals surface area contributed by atoms with Crippen molar-refractivity contribution in [3.05, 3.63) is 18.0 Å². The van der Waals surface area contributed by atoms with E-state index in [0.29, 0.717) is 12.6 Å². The van der Waals surface area contributed by atoms with E-state index in [-0.39, 0.29) is 24.0 Å². The van der Waals surface area contributed by atoms with Gasteiger partial charge in [-0.3, -0.25) is 4.99 Å². The maximum atomic E-state index is 4.84. The second-order valence-corrected chi connectivity index (χ2v) is 5.05. The zero-order valence-corrected chi connectivity index (χ0v) is 14.7. The number of rotatable bonds is 4. The fraction of sp³-hybridized carbons (Fsp3) is 0.692. The van der Waals surface area contributed by atoms with Crippen LogP contribution in [0.3, 0.4) is 0 Å². The molecule has 1 aliphatic heterocycles. The summed E-state index contributed by atoms with van der Waals surface area (Å²) in [6.07, 6.45) is 4.14. The van der Waals surface area contributed by atoms with Crippen molar-refractivity contribution in [3.63, 3.8) is 0 Å². The van der Waals surface area contributed by atoms with Crippen molar-refractivity contribution < 1.29 is 4.52 Å². The minimum atomic E-state index is 0. The number of likely N-dealkylation sites (N-methyl/N-ethyl adjacent to an activating group) is 1. The fourth-order valence-electron chi connectivity index (χ4n) is 2.47. The molecule has 1 atom stereocenters. The van der Waals surface area contributed by atoms with E-state index in [1.807, 2.05) is 18.0 Å². The van der Waals surface area contributed by atoms with Gasteiger partial charge in [0.25, 0.3) is 0 Å². The van der Waals surface area contributed by atoms with Gasteiger partial charge < -0.3 is 19.6 Å². The monoisotopic (exact) mass is 393 g/mol. The summed E-state index contributed by atoms with van der Waals surface area (Å²) < 4.78 is 4.84. The average Bonchev–Trinajstić information content (AvgIpc) is 3.02. The SMILES string of the molecule is CN=C(NCC1CCCN1C)N(C)Cc1ccon1.I. The lowest BCUT2D eigenvalue weighted by Crippen LogP contribution is -2.44. The van der Waals surface area contributed by atoms with Crippen molar-refractivity contribution in [1.29, 1.82) is 0 Å². The van der Waals surface area contributed by atoms with Crippen LogP contribution in [0, 0.1) is 0 Å². The van der Waals surface area contributed by atoms with Gasteiger partial charge in [0.2, 0.25) is 0 Å². The number of likely N-dealkylation sites (tertiary alicyclic amines) is 1. The Morgan fingerprint density at radius 2 is 2.45 bits per heavy atom. The van der Waals surface area contributed by atoms with Gasteiger partial charge in [-0.25, -0.2) is 0 Å². The summed E-state index contributed by atoms with van der Waals surface area (Å²) in [7, 11) is 5.99. The van der Waals surface area contributed by atoms with Crippen molar-refractivity contribution in [3.8, 4) is 0 Å². The number of nitrogens with zero attached hydrogens (tertiary/aromatic N) is 4. The van der Waals surface area contributed by atoms with Crippen molar-refractivity contribution in [2.75, 3.05) is 34.2 Å². The molecule has 0 aliphatic carbocycles. The highest BCUT2D eigenvalue weighted by atomic mass is 127. The summed E-state index contributed by atoms with van der Waals surface area (Å²) in [5.41, 5.74) is 0.906. The van der Waals surface area contributed by atoms with E-state index in [4.69, 9.17) is 4.52 Å². The van der Waals surface area contributed by atoms with Gasteiger partial charge in [-0.15, -0.1) is 24.0 Å². The van der Waals surface area contributed by atoms with Crippen molar-refractivity contribution in [2.45, 2.75) is 25.4 Å². The highest BCUT2D eigenvalue weighted by Gasteiger charge is 2.21. The Kier molecular flexibility index (Phi) is 7.28. The van der Waals surface area contributed by atoms with Crippen LogP contribution in [0.4, 0.5) is 0 Å². The molecular formula is C13H24IN5O. The number of aliphatic imine (C=N–C) groups is 1. The van der Waals surface area contributed by atoms with E-state index in [0.717, 1.165) is 18.2 Å². The normalized spacial score (nSPS) is 19.8. The minimum absolute atomic E-state index is 0. The maximum absolute atomic E-state index is 4.84. The zero-order valence-electron chi connectivity index (χ0n) is 12.4. The molecule has 1 unspecified atom stereocenters. The molecule has 1 saturated heterocycles. The number of aromatic nitrogens is 1. The van der Waals surface area contributed by atoms with Gasteiger partial charge in [-0.2, -0.15) is 0 Å². The smallest absolute Gasteiger partial charge is 0.193 e. The Balaban J connectivity index is 0.00000200. The molecule has 20 heavy (non-hydrogen) atoms. The molecule has 1 aromatic heterocycles. The van der Waals surface area contributed by atoms with Crippen LogP contribution in [-0.4, -0.2) is 61.2 Å². The molecule has 0 aromatic carbocycles. The summed E-state index contributed by atoms with van der Waals surface area (Å²) in [5, 5.41) is 7.34. The van der Waals surface area contributed by atoms with Crippen LogP contribution in [0.25, 0.3) is 0 Å². The average molecular weight is 393 g/mol. The lowest BCUT2D eigenvalue weighted by atomic mass is 10.2. The van der Waals surface area contributed by atoms with E-state index in [1.165, 1.54) is 19.4 Å². The zero-order chi connectivity index (χ0) is 13.7. The largest absolute Gasteiger partial charge is 0.364 e. The summed E-state index contributed by atoms with van der Waals surface area (Å²) in [6.45, 7) is 2.82. The predicted molar refractivity (Wildman–Crippen MR) is 90.4 cm³/mol. The fourth-order valence-corrected chi connectivity index (χ4v) is 2.47. The summed E-state index contributed by atoms with van der Waals surface area (Å²) >= 11 is 0. The highest BCUT2D eigenvalue weighted by Crippen LogP contribution is 2.13. The maximum Gasteiger partial charge on any atom is 0.193 e. The molecular weight excluding hydrogens is 369 g/mol. The molecule has 0 bridgehead atoms. The van der Waals surface area contributed by atoms with E-state index >= 15 is 0 Å². The van der Waals surface area contributed by atoms with E-state index in [9.17, 15) is 0 Å². The quantitative estimate of drug-likeness (QED) is 0.476. The van der Waals surface area contributed by atoms with Gasteiger partial charge in [-0.05, 0) is 26.4 Å². The molecule has 0 saturated carbocycles. The third-order valence-corrected chi connectivity index (χ3v) is 3.63. The molecule has 1 fully saturated rings. The van der Waals surface area contributed by atoms with Crippen molar-refractivity contribution in [2.24, 2.45) is 4.99 Å². The van der Waals surface area contributed by atoms with Crippen LogP contribution in [0.1, 0.15) is 18.5 Å². The molecule has 2 heterocycles. The number of hydrogen-bond donors (Lipinski definition) is 1. The van der Waals surface area contributed by atoms with Gasteiger partial charge >= 0.3 is 0 Å². The molecule has 1 N–H and O–H groups in total. The lowest BCUT2D eigenvalue weighted by Gasteiger charge is -2.25. The van der Waals surface area contributed by atoms with E-state index in [1.54, 1.807) is 13.3 Å². The first-order chi connectivity index (χ1) is 9.20. The Morgan fingerprint density at radius 3 is 3.00 bits per heavy atom. The standard InChI is InChI=1S/C13H23N5O.HI/c1-14-13(15-9-12-5-4-7-17(12)2)18(3)10-11-6-8-19-16-11;/h6,8,12H,4-5,7,9-10H2,1-3H3,(H,14,15);1H. The highest BCUT2D eigenvalue weighted by molar-refractivity contribution is 14.0. The summed E-state index contributed by atoms with van der Waals surface area (Å²) in [6, 6.07) is 2.48. The minimum Gasteiger partial charge on any atom is -0.364 e. The molecule has 1 aliphatic rings. The van der Waals surface area contributed by atoms with Crippen LogP contribution >= 0.6 is 24.0 Å². The summed E-state index contributed by atoms with van der Waals surface area (Å²) in [5.74, 6) is 0.892. The molecule has 1 aromatic rings. The molecule has 0 amide bonds. The third-order valence-electron chi connectivity index (χ3n) is 3.63. The number of nitrogens with one attached hydrogen (secondary N) is 1. The second-order valence-electron chi connectivity index (χ2n) is 5.05.